The highest BCUT2D eigenvalue weighted by Gasteiger charge is 2.18. The number of allylic oxidation sites excluding steroid dienone is 12. The lowest BCUT2D eigenvalue weighted by molar-refractivity contribution is 0.812. The summed E-state index contributed by atoms with van der Waals surface area (Å²) in [6.45, 7) is 0. The molecule has 1 N–H and O–H groups in total. The van der Waals surface area contributed by atoms with Crippen LogP contribution in [0.5, 0.6) is 0 Å². The van der Waals surface area contributed by atoms with Gasteiger partial charge in [0.25, 0.3) is 0 Å². The van der Waals surface area contributed by atoms with Gasteiger partial charge in [0, 0.05) is 51.0 Å². The highest BCUT2D eigenvalue weighted by Crippen LogP contribution is 2.35. The molecular formula is C41H36N2. The third-order valence-corrected chi connectivity index (χ3v) is 9.56. The van der Waals surface area contributed by atoms with E-state index in [2.05, 4.69) is 138 Å². The Hall–Kier alpha value is -4.82. The van der Waals surface area contributed by atoms with Gasteiger partial charge in [0.15, 0.2) is 0 Å². The second kappa shape index (κ2) is 10.8. The average Bonchev–Trinajstić information content (AvgIpc) is 3.58. The molecule has 2 nitrogen and oxygen atoms in total. The zero-order valence-electron chi connectivity index (χ0n) is 24.7. The first-order valence-electron chi connectivity index (χ1n) is 15.6. The maximum Gasteiger partial charge on any atom is 0.0486 e. The highest BCUT2D eigenvalue weighted by molar-refractivity contribution is 6.07. The molecule has 43 heavy (non-hydrogen) atoms. The highest BCUT2D eigenvalue weighted by atomic mass is 14.9. The topological polar surface area (TPSA) is 20.7 Å². The van der Waals surface area contributed by atoms with E-state index in [1.165, 1.54) is 77.4 Å². The van der Waals surface area contributed by atoms with Crippen LogP contribution in [0.3, 0.4) is 0 Å². The summed E-state index contributed by atoms with van der Waals surface area (Å²) in [7, 11) is 2.20. The van der Waals surface area contributed by atoms with Crippen LogP contribution in [0, 0.1) is 0 Å². The second-order valence-corrected chi connectivity index (χ2v) is 12.2. The third-order valence-electron chi connectivity index (χ3n) is 9.56. The predicted molar refractivity (Wildman–Crippen MR) is 184 cm³/mol. The largest absolute Gasteiger partial charge is 0.355 e. The van der Waals surface area contributed by atoms with E-state index in [0.717, 1.165) is 38.5 Å². The minimum Gasteiger partial charge on any atom is -0.355 e. The molecular weight excluding hydrogens is 520 g/mol. The van der Waals surface area contributed by atoms with Gasteiger partial charge in [-0.3, -0.25) is 0 Å². The van der Waals surface area contributed by atoms with Crippen LogP contribution < -0.4 is 0 Å². The van der Waals surface area contributed by atoms with Gasteiger partial charge in [-0.2, -0.15) is 0 Å². The minimum atomic E-state index is 1.09. The van der Waals surface area contributed by atoms with Crippen LogP contribution in [0.2, 0.25) is 0 Å². The summed E-state index contributed by atoms with van der Waals surface area (Å²) in [4.78, 5) is 3.52. The van der Waals surface area contributed by atoms with E-state index in [0.29, 0.717) is 0 Å². The van der Waals surface area contributed by atoms with Gasteiger partial charge in [0.2, 0.25) is 0 Å². The number of aromatic nitrogens is 2. The average molecular weight is 557 g/mol. The summed E-state index contributed by atoms with van der Waals surface area (Å²) in [6, 6.07) is 24.0. The van der Waals surface area contributed by atoms with Gasteiger partial charge in [-0.1, -0.05) is 91.1 Å². The number of nitrogens with zero attached hydrogens (tertiary/aromatic N) is 1. The molecule has 210 valence electrons. The molecule has 0 radical (unpaired) electrons. The predicted octanol–water partition coefficient (Wildman–Crippen LogP) is 10.7. The molecule has 2 heteroatoms. The summed E-state index contributed by atoms with van der Waals surface area (Å²) < 4.78 is 2.37. The first-order chi connectivity index (χ1) is 21.2. The Morgan fingerprint density at radius 3 is 2.00 bits per heavy atom. The van der Waals surface area contributed by atoms with Gasteiger partial charge in [0.05, 0.1) is 0 Å². The van der Waals surface area contributed by atoms with E-state index >= 15 is 0 Å². The molecule has 0 spiro atoms. The van der Waals surface area contributed by atoms with Crippen LogP contribution in [0.25, 0.3) is 44.9 Å². The smallest absolute Gasteiger partial charge is 0.0486 e. The molecule has 3 aliphatic rings. The molecule has 3 aromatic carbocycles. The molecule has 0 aliphatic heterocycles. The Morgan fingerprint density at radius 2 is 1.23 bits per heavy atom. The molecule has 2 heterocycles. The first-order valence-corrected chi connectivity index (χ1v) is 15.6. The van der Waals surface area contributed by atoms with Crippen molar-refractivity contribution in [1.29, 1.82) is 0 Å². The molecule has 0 saturated heterocycles. The summed E-state index contributed by atoms with van der Waals surface area (Å²) in [5.74, 6) is 0. The Bertz CT molecular complexity index is 2130. The van der Waals surface area contributed by atoms with E-state index in [1.807, 2.05) is 0 Å². The molecule has 3 aliphatic carbocycles. The zero-order valence-corrected chi connectivity index (χ0v) is 24.7. The molecule has 5 aromatic rings. The summed E-state index contributed by atoms with van der Waals surface area (Å²) in [5, 5.41) is 3.95. The summed E-state index contributed by atoms with van der Waals surface area (Å²) in [6.07, 6.45) is 27.7. The number of rotatable bonds is 5. The number of aryl methyl sites for hydroxylation is 1. The fourth-order valence-electron chi connectivity index (χ4n) is 7.10. The van der Waals surface area contributed by atoms with Crippen molar-refractivity contribution in [1.82, 2.24) is 9.55 Å². The number of hydrogen-bond donors (Lipinski definition) is 1. The molecule has 0 unspecified atom stereocenters. The van der Waals surface area contributed by atoms with Crippen LogP contribution in [0.1, 0.15) is 48.9 Å². The van der Waals surface area contributed by atoms with E-state index in [-0.39, 0.29) is 0 Å². The maximum atomic E-state index is 3.52. The van der Waals surface area contributed by atoms with Crippen molar-refractivity contribution in [2.24, 2.45) is 7.05 Å². The van der Waals surface area contributed by atoms with Crippen molar-refractivity contribution < 1.29 is 0 Å². The van der Waals surface area contributed by atoms with Gasteiger partial charge in [-0.15, -0.1) is 0 Å². The summed E-state index contributed by atoms with van der Waals surface area (Å²) in [5.41, 5.74) is 15.1. The van der Waals surface area contributed by atoms with Crippen molar-refractivity contribution in [2.45, 2.75) is 38.5 Å². The molecule has 0 atom stereocenters. The number of para-hydroxylation sites is 2. The number of fused-ring (bicyclic) bond motifs is 6. The molecule has 0 amide bonds. The van der Waals surface area contributed by atoms with Crippen molar-refractivity contribution in [3.8, 4) is 0 Å². The van der Waals surface area contributed by atoms with Gasteiger partial charge < -0.3 is 9.55 Å². The number of hydrogen-bond acceptors (Lipinski definition) is 0. The third kappa shape index (κ3) is 4.87. The monoisotopic (exact) mass is 556 g/mol. The molecule has 0 fully saturated rings. The van der Waals surface area contributed by atoms with Gasteiger partial charge in [-0.25, -0.2) is 0 Å². The van der Waals surface area contributed by atoms with Crippen molar-refractivity contribution in [3.05, 3.63) is 154 Å². The van der Waals surface area contributed by atoms with Crippen LogP contribution in [-0.2, 0) is 13.5 Å². The van der Waals surface area contributed by atoms with Crippen LogP contribution >= 0.6 is 0 Å². The fraction of sp³-hybridized carbons (Fsp3) is 0.171. The maximum absolute atomic E-state index is 3.52. The molecule has 8 rings (SSSR count). The number of nitrogens with one attached hydrogen (secondary N) is 1. The lowest BCUT2D eigenvalue weighted by Gasteiger charge is -2.19. The lowest BCUT2D eigenvalue weighted by Crippen LogP contribution is -2.02. The molecule has 2 aromatic heterocycles. The Balaban J connectivity index is 0.949. The van der Waals surface area contributed by atoms with Crippen molar-refractivity contribution >= 4 is 44.9 Å². The summed E-state index contributed by atoms with van der Waals surface area (Å²) >= 11 is 0. The second-order valence-electron chi connectivity index (χ2n) is 12.2. The quantitative estimate of drug-likeness (QED) is 0.222. The van der Waals surface area contributed by atoms with Gasteiger partial charge in [-0.05, 0) is 102 Å². The Labute approximate surface area is 253 Å². The van der Waals surface area contributed by atoms with Gasteiger partial charge >= 0.3 is 0 Å². The number of benzene rings is 3. The Kier molecular flexibility index (Phi) is 6.48. The normalized spacial score (nSPS) is 17.4. The zero-order chi connectivity index (χ0) is 28.8. The minimum absolute atomic E-state index is 1.09. The molecule has 0 saturated carbocycles. The SMILES string of the molecule is Cn1c2c(c3ccccc31)C=C(C=CC1=CC=C(C3=CC=C(C=Cc4ccc5[nH]c6ccccc6c5c4)CC3)CC1)CC2. The van der Waals surface area contributed by atoms with Crippen LogP contribution in [0.15, 0.2) is 137 Å². The fourth-order valence-corrected chi connectivity index (χ4v) is 7.10. The lowest BCUT2D eigenvalue weighted by atomic mass is 9.87. The Morgan fingerprint density at radius 1 is 0.581 bits per heavy atom. The molecule has 0 bridgehead atoms. The van der Waals surface area contributed by atoms with E-state index in [4.69, 9.17) is 0 Å². The number of H-pyrrole nitrogens is 1. The van der Waals surface area contributed by atoms with Gasteiger partial charge in [0.1, 0.15) is 0 Å². The van der Waals surface area contributed by atoms with Crippen molar-refractivity contribution in [2.75, 3.05) is 0 Å². The number of aromatic amines is 1. The van der Waals surface area contributed by atoms with E-state index in [9.17, 15) is 0 Å². The van der Waals surface area contributed by atoms with E-state index < -0.39 is 0 Å². The first kappa shape index (κ1) is 25.9. The van der Waals surface area contributed by atoms with Crippen LogP contribution in [0.4, 0.5) is 0 Å². The van der Waals surface area contributed by atoms with E-state index in [1.54, 1.807) is 0 Å². The van der Waals surface area contributed by atoms with Crippen molar-refractivity contribution in [3.63, 3.8) is 0 Å². The standard InChI is InChI=1S/C41H36N2/c1-43-40-9-5-3-7-35(40)37-27-31(19-25-41(37)43)13-11-29-16-22-33(23-17-29)32-20-14-28(15-21-32)10-12-30-18-24-39-36(26-30)34-6-2-4-8-38(34)42-39/h2-14,16,18,20,22,24,26-27,42H,15,17,19,21,23,25H2,1H3. The van der Waals surface area contributed by atoms with Crippen LogP contribution in [-0.4, -0.2) is 9.55 Å².